The summed E-state index contributed by atoms with van der Waals surface area (Å²) in [6.45, 7) is 7.16. The van der Waals surface area contributed by atoms with Crippen molar-refractivity contribution < 1.29 is 24.0 Å². The molecule has 0 bridgehead atoms. The number of aromatic nitrogens is 1. The molecule has 1 aliphatic heterocycles. The topological polar surface area (TPSA) is 92.9 Å². The van der Waals surface area contributed by atoms with Crippen LogP contribution in [0.1, 0.15) is 49.4 Å². The first-order valence-corrected chi connectivity index (χ1v) is 11.1. The van der Waals surface area contributed by atoms with Crippen molar-refractivity contribution in [1.82, 2.24) is 5.16 Å². The van der Waals surface area contributed by atoms with Crippen molar-refractivity contribution in [3.63, 3.8) is 0 Å². The fourth-order valence-electron chi connectivity index (χ4n) is 4.17. The SMILES string of the molecule is COc1ccccc1C1C(C(=O)C(C)(C)C)=C(O)C(=O)N1c1ccc(Cc2cc(C)no2)cc1. The number of benzene rings is 2. The van der Waals surface area contributed by atoms with E-state index in [1.165, 1.54) is 12.0 Å². The van der Waals surface area contributed by atoms with E-state index in [2.05, 4.69) is 5.16 Å². The average Bonchev–Trinajstić information content (AvgIpc) is 3.33. The summed E-state index contributed by atoms with van der Waals surface area (Å²) in [6, 6.07) is 15.7. The summed E-state index contributed by atoms with van der Waals surface area (Å²) in [5, 5.41) is 14.8. The summed E-state index contributed by atoms with van der Waals surface area (Å²) in [5.74, 6) is -0.184. The van der Waals surface area contributed by atoms with Gasteiger partial charge in [-0.3, -0.25) is 14.5 Å². The van der Waals surface area contributed by atoms with E-state index in [0.717, 1.165) is 17.0 Å². The third kappa shape index (κ3) is 4.21. The Morgan fingerprint density at radius 1 is 1.15 bits per heavy atom. The molecule has 0 radical (unpaired) electrons. The second-order valence-electron chi connectivity index (χ2n) is 9.44. The molecule has 1 aliphatic rings. The van der Waals surface area contributed by atoms with E-state index in [1.807, 2.05) is 37.3 Å². The molecule has 1 atom stereocenters. The van der Waals surface area contributed by atoms with E-state index in [4.69, 9.17) is 9.26 Å². The smallest absolute Gasteiger partial charge is 0.294 e. The molecule has 0 spiro atoms. The number of hydrogen-bond acceptors (Lipinski definition) is 6. The number of carbonyl (C=O) groups is 2. The molecule has 1 unspecified atom stereocenters. The number of ketones is 1. The Hall–Kier alpha value is -3.87. The molecular weight excluding hydrogens is 432 g/mol. The van der Waals surface area contributed by atoms with Gasteiger partial charge in [-0.2, -0.15) is 0 Å². The molecule has 2 heterocycles. The molecule has 1 N–H and O–H groups in total. The van der Waals surface area contributed by atoms with Gasteiger partial charge in [-0.05, 0) is 30.7 Å². The first-order chi connectivity index (χ1) is 16.1. The summed E-state index contributed by atoms with van der Waals surface area (Å²) in [7, 11) is 1.54. The van der Waals surface area contributed by atoms with Crippen LogP contribution in [0.5, 0.6) is 5.75 Å². The van der Waals surface area contributed by atoms with Gasteiger partial charge in [-0.15, -0.1) is 0 Å². The van der Waals surface area contributed by atoms with Gasteiger partial charge in [0.25, 0.3) is 5.91 Å². The maximum atomic E-state index is 13.4. The number of nitrogens with zero attached hydrogens (tertiary/aromatic N) is 2. The van der Waals surface area contributed by atoms with E-state index >= 15 is 0 Å². The minimum absolute atomic E-state index is 0.0724. The van der Waals surface area contributed by atoms with Crippen molar-refractivity contribution in [3.05, 3.63) is 88.5 Å². The Labute approximate surface area is 198 Å². The molecule has 0 fully saturated rings. The lowest BCUT2D eigenvalue weighted by atomic mass is 9.82. The van der Waals surface area contributed by atoms with Crippen LogP contribution in [-0.2, 0) is 16.0 Å². The maximum Gasteiger partial charge on any atom is 0.294 e. The summed E-state index contributed by atoms with van der Waals surface area (Å²) >= 11 is 0. The number of ether oxygens (including phenoxy) is 1. The highest BCUT2D eigenvalue weighted by Gasteiger charge is 2.47. The van der Waals surface area contributed by atoms with Crippen molar-refractivity contribution in [2.75, 3.05) is 12.0 Å². The summed E-state index contributed by atoms with van der Waals surface area (Å²) in [6.07, 6.45) is 0.558. The fourth-order valence-corrected chi connectivity index (χ4v) is 4.17. The zero-order valence-electron chi connectivity index (χ0n) is 20.0. The standard InChI is InChI=1S/C27H28N2O5/c1-16-14-19(34-28-16)15-17-10-12-18(13-11-17)29-23(20-8-6-7-9-21(20)33-5)22(24(30)26(29)32)25(31)27(2,3)4/h6-14,23,30H,15H2,1-5H3. The molecule has 3 aromatic rings. The zero-order chi connectivity index (χ0) is 24.6. The lowest BCUT2D eigenvalue weighted by Crippen LogP contribution is -2.33. The van der Waals surface area contributed by atoms with Crippen LogP contribution in [0.2, 0.25) is 0 Å². The molecule has 176 valence electrons. The number of methoxy groups -OCH3 is 1. The zero-order valence-corrected chi connectivity index (χ0v) is 20.0. The van der Waals surface area contributed by atoms with Crippen molar-refractivity contribution >= 4 is 17.4 Å². The molecule has 34 heavy (non-hydrogen) atoms. The number of amides is 1. The number of carbonyl (C=O) groups excluding carboxylic acids is 2. The lowest BCUT2D eigenvalue weighted by Gasteiger charge is -2.30. The first kappa shape index (κ1) is 23.3. The molecule has 1 amide bonds. The van der Waals surface area contributed by atoms with Crippen LogP contribution in [0, 0.1) is 12.3 Å². The Balaban J connectivity index is 1.77. The number of para-hydroxylation sites is 1. The van der Waals surface area contributed by atoms with Crippen LogP contribution in [0.15, 0.2) is 70.5 Å². The molecule has 0 aliphatic carbocycles. The average molecular weight is 461 g/mol. The minimum Gasteiger partial charge on any atom is -0.503 e. The van der Waals surface area contributed by atoms with E-state index in [1.54, 1.807) is 45.0 Å². The van der Waals surface area contributed by atoms with Gasteiger partial charge in [0, 0.05) is 29.2 Å². The second-order valence-corrected chi connectivity index (χ2v) is 9.44. The van der Waals surface area contributed by atoms with Crippen LogP contribution >= 0.6 is 0 Å². The van der Waals surface area contributed by atoms with Crippen LogP contribution in [-0.4, -0.2) is 29.1 Å². The van der Waals surface area contributed by atoms with Gasteiger partial charge >= 0.3 is 0 Å². The van der Waals surface area contributed by atoms with Crippen molar-refractivity contribution in [3.8, 4) is 5.75 Å². The minimum atomic E-state index is -0.821. The van der Waals surface area contributed by atoms with Crippen LogP contribution in [0.3, 0.4) is 0 Å². The third-order valence-electron chi connectivity index (χ3n) is 5.84. The van der Waals surface area contributed by atoms with E-state index < -0.39 is 23.1 Å². The van der Waals surface area contributed by atoms with Gasteiger partial charge in [-0.1, -0.05) is 56.3 Å². The Morgan fingerprint density at radius 2 is 1.82 bits per heavy atom. The number of rotatable bonds is 6. The van der Waals surface area contributed by atoms with Gasteiger partial charge < -0.3 is 14.4 Å². The molecule has 4 rings (SSSR count). The number of Topliss-reactive ketones (excluding diaryl/α,β-unsaturated/α-hetero) is 1. The van der Waals surface area contributed by atoms with Crippen LogP contribution < -0.4 is 9.64 Å². The van der Waals surface area contributed by atoms with Gasteiger partial charge in [0.1, 0.15) is 11.5 Å². The summed E-state index contributed by atoms with van der Waals surface area (Å²) < 4.78 is 10.8. The monoisotopic (exact) mass is 460 g/mol. The predicted molar refractivity (Wildman–Crippen MR) is 128 cm³/mol. The Morgan fingerprint density at radius 3 is 2.41 bits per heavy atom. The van der Waals surface area contributed by atoms with Gasteiger partial charge in [0.2, 0.25) is 0 Å². The largest absolute Gasteiger partial charge is 0.503 e. The summed E-state index contributed by atoms with van der Waals surface area (Å²) in [4.78, 5) is 28.2. The molecule has 1 aromatic heterocycles. The Bertz CT molecular complexity index is 1260. The van der Waals surface area contributed by atoms with E-state index in [0.29, 0.717) is 23.4 Å². The first-order valence-electron chi connectivity index (χ1n) is 11.1. The number of aryl methyl sites for hydroxylation is 1. The van der Waals surface area contributed by atoms with Gasteiger partial charge in [0.15, 0.2) is 11.5 Å². The quantitative estimate of drug-likeness (QED) is 0.550. The number of aliphatic hydroxyl groups is 1. The van der Waals surface area contributed by atoms with Crippen molar-refractivity contribution in [2.24, 2.45) is 5.41 Å². The Kier molecular flexibility index (Phi) is 6.04. The van der Waals surface area contributed by atoms with Crippen molar-refractivity contribution in [1.29, 1.82) is 0 Å². The molecule has 7 heteroatoms. The number of aliphatic hydroxyl groups excluding tert-OH is 1. The third-order valence-corrected chi connectivity index (χ3v) is 5.84. The lowest BCUT2D eigenvalue weighted by molar-refractivity contribution is -0.123. The number of anilines is 1. The van der Waals surface area contributed by atoms with E-state index in [9.17, 15) is 14.7 Å². The highest BCUT2D eigenvalue weighted by atomic mass is 16.5. The molecule has 0 saturated carbocycles. The van der Waals surface area contributed by atoms with E-state index in [-0.39, 0.29) is 11.4 Å². The fraction of sp³-hybridized carbons (Fsp3) is 0.296. The summed E-state index contributed by atoms with van der Waals surface area (Å²) in [5.41, 5.74) is 2.25. The van der Waals surface area contributed by atoms with Crippen LogP contribution in [0.25, 0.3) is 0 Å². The van der Waals surface area contributed by atoms with Gasteiger partial charge in [0.05, 0.1) is 24.4 Å². The molecule has 2 aromatic carbocycles. The van der Waals surface area contributed by atoms with Crippen LogP contribution in [0.4, 0.5) is 5.69 Å². The molecule has 7 nitrogen and oxygen atoms in total. The highest BCUT2D eigenvalue weighted by molar-refractivity contribution is 6.17. The maximum absolute atomic E-state index is 13.4. The second kappa shape index (κ2) is 8.82. The highest BCUT2D eigenvalue weighted by Crippen LogP contribution is 2.45. The number of hydrogen-bond donors (Lipinski definition) is 1. The van der Waals surface area contributed by atoms with Crippen molar-refractivity contribution in [2.45, 2.75) is 40.2 Å². The molecule has 0 saturated heterocycles. The molecular formula is C27H28N2O5. The normalized spacial score (nSPS) is 16.3. The van der Waals surface area contributed by atoms with Gasteiger partial charge in [-0.25, -0.2) is 0 Å². The predicted octanol–water partition coefficient (Wildman–Crippen LogP) is 5.10.